The summed E-state index contributed by atoms with van der Waals surface area (Å²) in [5, 5.41) is 4.43. The Morgan fingerprint density at radius 1 is 1.19 bits per heavy atom. The molecule has 0 unspecified atom stereocenters. The van der Waals surface area contributed by atoms with Crippen LogP contribution in [0.2, 0.25) is 0 Å². The molecule has 1 N–H and O–H groups in total. The Morgan fingerprint density at radius 3 is 2.48 bits per heavy atom. The van der Waals surface area contributed by atoms with Gasteiger partial charge in [-0.05, 0) is 50.2 Å². The molecule has 1 aromatic carbocycles. The summed E-state index contributed by atoms with van der Waals surface area (Å²) in [7, 11) is -3.25. The number of rotatable bonds is 8. The number of hydrogen-bond donors (Lipinski definition) is 1. The highest BCUT2D eigenvalue weighted by atomic mass is 32.2. The van der Waals surface area contributed by atoms with Gasteiger partial charge in [0, 0.05) is 12.7 Å². The fourth-order valence-corrected chi connectivity index (χ4v) is 4.14. The Labute approximate surface area is 162 Å². The Hall–Kier alpha value is -1.70. The van der Waals surface area contributed by atoms with Gasteiger partial charge in [-0.15, -0.1) is 0 Å². The molecule has 0 saturated heterocycles. The summed E-state index contributed by atoms with van der Waals surface area (Å²) in [6.07, 6.45) is 7.59. The van der Waals surface area contributed by atoms with Crippen LogP contribution in [0.1, 0.15) is 48.9 Å². The molecule has 0 bridgehead atoms. The smallest absolute Gasteiger partial charge is 0.208 e. The maximum Gasteiger partial charge on any atom is 0.208 e. The lowest BCUT2D eigenvalue weighted by atomic mass is 9.83. The Kier molecular flexibility index (Phi) is 6.68. The van der Waals surface area contributed by atoms with Gasteiger partial charge in [0.15, 0.2) is 0 Å². The van der Waals surface area contributed by atoms with E-state index in [1.54, 1.807) is 4.68 Å². The minimum atomic E-state index is -3.25. The summed E-state index contributed by atoms with van der Waals surface area (Å²) in [6, 6.07) is 12.4. The second-order valence-electron chi connectivity index (χ2n) is 7.43. The van der Waals surface area contributed by atoms with Gasteiger partial charge < -0.3 is 4.74 Å². The fourth-order valence-electron chi connectivity index (χ4n) is 3.65. The quantitative estimate of drug-likeness (QED) is 0.751. The van der Waals surface area contributed by atoms with Crippen molar-refractivity contribution in [2.24, 2.45) is 0 Å². The van der Waals surface area contributed by atoms with E-state index in [1.807, 2.05) is 19.2 Å². The third-order valence-electron chi connectivity index (χ3n) is 5.17. The van der Waals surface area contributed by atoms with E-state index in [0.29, 0.717) is 12.5 Å². The molecule has 1 heterocycles. The molecule has 3 rings (SSSR count). The second-order valence-corrected chi connectivity index (χ2v) is 9.26. The fraction of sp³-hybridized carbons (Fsp3) is 0.550. The zero-order valence-corrected chi connectivity index (χ0v) is 16.9. The summed E-state index contributed by atoms with van der Waals surface area (Å²) in [5.74, 6) is 0.613. The first kappa shape index (κ1) is 20.0. The van der Waals surface area contributed by atoms with Crippen molar-refractivity contribution < 1.29 is 13.2 Å². The number of aryl methyl sites for hydroxylation is 1. The molecule has 0 amide bonds. The number of ether oxygens (including phenoxy) is 1. The number of hydrogen-bond acceptors (Lipinski definition) is 4. The molecule has 27 heavy (non-hydrogen) atoms. The van der Waals surface area contributed by atoms with E-state index >= 15 is 0 Å². The van der Waals surface area contributed by atoms with Crippen LogP contribution < -0.4 is 4.72 Å². The van der Waals surface area contributed by atoms with Crippen LogP contribution in [0.4, 0.5) is 0 Å². The Morgan fingerprint density at radius 2 is 1.89 bits per heavy atom. The zero-order chi connectivity index (χ0) is 19.3. The summed E-state index contributed by atoms with van der Waals surface area (Å²) in [6.45, 7) is 2.65. The molecule has 1 aliphatic carbocycles. The first-order valence-electron chi connectivity index (χ1n) is 9.53. The van der Waals surface area contributed by atoms with Crippen molar-refractivity contribution in [3.63, 3.8) is 0 Å². The monoisotopic (exact) mass is 391 g/mol. The van der Waals surface area contributed by atoms with Crippen LogP contribution in [0.3, 0.4) is 0 Å². The van der Waals surface area contributed by atoms with Crippen LogP contribution in [0, 0.1) is 6.92 Å². The van der Waals surface area contributed by atoms with Gasteiger partial charge in [0.05, 0.1) is 30.7 Å². The highest BCUT2D eigenvalue weighted by molar-refractivity contribution is 7.88. The van der Waals surface area contributed by atoms with Gasteiger partial charge in [-0.3, -0.25) is 4.68 Å². The van der Waals surface area contributed by atoms with Crippen molar-refractivity contribution >= 4 is 10.0 Å². The van der Waals surface area contributed by atoms with Crippen LogP contribution in [0.5, 0.6) is 0 Å². The van der Waals surface area contributed by atoms with Gasteiger partial charge in [0.25, 0.3) is 0 Å². The third-order valence-corrected chi connectivity index (χ3v) is 5.86. The topological polar surface area (TPSA) is 73.2 Å². The van der Waals surface area contributed by atoms with E-state index in [4.69, 9.17) is 4.74 Å². The molecule has 1 aliphatic rings. The maximum absolute atomic E-state index is 11.5. The molecule has 7 heteroatoms. The van der Waals surface area contributed by atoms with E-state index in [2.05, 4.69) is 40.2 Å². The van der Waals surface area contributed by atoms with Crippen LogP contribution in [-0.2, 0) is 14.8 Å². The molecule has 0 radical (unpaired) electrons. The van der Waals surface area contributed by atoms with Gasteiger partial charge in [-0.2, -0.15) is 5.10 Å². The lowest BCUT2D eigenvalue weighted by molar-refractivity contribution is 0.00605. The maximum atomic E-state index is 11.5. The van der Waals surface area contributed by atoms with Crippen molar-refractivity contribution in [2.75, 3.05) is 19.4 Å². The first-order chi connectivity index (χ1) is 12.9. The molecule has 148 valence electrons. The van der Waals surface area contributed by atoms with Crippen molar-refractivity contribution in [1.82, 2.24) is 14.5 Å². The lowest BCUT2D eigenvalue weighted by Gasteiger charge is -2.30. The van der Waals surface area contributed by atoms with Gasteiger partial charge in [-0.25, -0.2) is 13.1 Å². The minimum Gasteiger partial charge on any atom is -0.376 e. The average Bonchev–Trinajstić information content (AvgIpc) is 3.08. The van der Waals surface area contributed by atoms with Crippen molar-refractivity contribution in [2.45, 2.75) is 50.7 Å². The molecule has 2 aromatic rings. The molecular weight excluding hydrogens is 362 g/mol. The van der Waals surface area contributed by atoms with Gasteiger partial charge in [-0.1, -0.05) is 30.3 Å². The van der Waals surface area contributed by atoms with Crippen LogP contribution in [-0.4, -0.2) is 43.7 Å². The molecule has 1 saturated carbocycles. The number of aromatic nitrogens is 2. The predicted molar refractivity (Wildman–Crippen MR) is 106 cm³/mol. The van der Waals surface area contributed by atoms with Gasteiger partial charge >= 0.3 is 0 Å². The largest absolute Gasteiger partial charge is 0.376 e. The highest BCUT2D eigenvalue weighted by Crippen LogP contribution is 2.34. The second kappa shape index (κ2) is 8.99. The normalized spacial score (nSPS) is 21.9. The van der Waals surface area contributed by atoms with E-state index in [-0.39, 0.29) is 18.7 Å². The Bertz CT molecular complexity index is 812. The third kappa shape index (κ3) is 6.16. The molecule has 0 spiro atoms. The average molecular weight is 392 g/mol. The first-order valence-corrected chi connectivity index (χ1v) is 11.4. The molecule has 0 aliphatic heterocycles. The zero-order valence-electron chi connectivity index (χ0n) is 16.0. The summed E-state index contributed by atoms with van der Waals surface area (Å²) >= 11 is 0. The molecule has 1 aromatic heterocycles. The van der Waals surface area contributed by atoms with E-state index in [1.165, 1.54) is 11.8 Å². The van der Waals surface area contributed by atoms with Crippen LogP contribution in [0.25, 0.3) is 0 Å². The number of sulfonamides is 1. The Balaban J connectivity index is 1.53. The van der Waals surface area contributed by atoms with E-state index < -0.39 is 10.0 Å². The molecular formula is C20H29N3O3S. The number of nitrogens with zero attached hydrogens (tertiary/aromatic N) is 2. The number of benzene rings is 1. The van der Waals surface area contributed by atoms with E-state index in [0.717, 1.165) is 31.4 Å². The predicted octanol–water partition coefficient (Wildman–Crippen LogP) is 3.02. The van der Waals surface area contributed by atoms with Crippen LogP contribution >= 0.6 is 0 Å². The molecule has 1 atom stereocenters. The van der Waals surface area contributed by atoms with Gasteiger partial charge in [0.2, 0.25) is 10.0 Å². The van der Waals surface area contributed by atoms with Crippen molar-refractivity contribution in [1.29, 1.82) is 0 Å². The number of nitrogens with one attached hydrogen (secondary N) is 1. The lowest BCUT2D eigenvalue weighted by Crippen LogP contribution is -2.34. The van der Waals surface area contributed by atoms with Crippen molar-refractivity contribution in [3.05, 3.63) is 53.9 Å². The summed E-state index contributed by atoms with van der Waals surface area (Å²) < 4.78 is 33.5. The van der Waals surface area contributed by atoms with Crippen molar-refractivity contribution in [3.8, 4) is 0 Å². The van der Waals surface area contributed by atoms with Gasteiger partial charge in [0.1, 0.15) is 0 Å². The highest BCUT2D eigenvalue weighted by Gasteiger charge is 2.24. The minimum absolute atomic E-state index is 0.153. The van der Waals surface area contributed by atoms with E-state index in [9.17, 15) is 8.42 Å². The molecule has 1 fully saturated rings. The van der Waals surface area contributed by atoms with Crippen LogP contribution in [0.15, 0.2) is 42.6 Å². The summed E-state index contributed by atoms with van der Waals surface area (Å²) in [5.41, 5.74) is 2.32. The standard InChI is InChI=1S/C20H29N3O3S/c1-16-12-13-23(22-16)19(14-21-27(2,24)25)15-26-20-10-8-18(9-11-20)17-6-4-3-5-7-17/h3-7,12-13,18-21H,8-11,14-15H2,1-2H3/t18?,19-,20?/m0/s1. The summed E-state index contributed by atoms with van der Waals surface area (Å²) in [4.78, 5) is 0. The molecule has 6 nitrogen and oxygen atoms in total. The SMILES string of the molecule is Cc1ccn([C@@H](CNS(C)(=O)=O)COC2CCC(c3ccccc3)CC2)n1.